The predicted molar refractivity (Wildman–Crippen MR) is 86.2 cm³/mol. The molecule has 5 heteroatoms. The van der Waals surface area contributed by atoms with Crippen LogP contribution >= 0.6 is 11.6 Å². The zero-order valence-corrected chi connectivity index (χ0v) is 13.1. The molecule has 1 saturated heterocycles. The fraction of sp³-hybridized carbons (Fsp3) is 0.222. The lowest BCUT2D eigenvalue weighted by Crippen LogP contribution is -2.30. The molecule has 0 saturated carbocycles. The van der Waals surface area contributed by atoms with Crippen LogP contribution in [0.3, 0.4) is 0 Å². The van der Waals surface area contributed by atoms with Gasteiger partial charge >= 0.3 is 0 Å². The Morgan fingerprint density at radius 1 is 1.09 bits per heavy atom. The minimum atomic E-state index is -0.372. The van der Waals surface area contributed by atoms with Crippen LogP contribution in [-0.4, -0.2) is 29.7 Å². The number of rotatable bonds is 3. The SMILES string of the molecule is O=C(c1ccc(F)cc1)[C@H]1CCN(C(=O)c2ccccc2Cl)C1. The Balaban J connectivity index is 1.71. The first-order valence-electron chi connectivity index (χ1n) is 7.40. The third-order valence-electron chi connectivity index (χ3n) is 4.08. The highest BCUT2D eigenvalue weighted by molar-refractivity contribution is 6.33. The van der Waals surface area contributed by atoms with Crippen LogP contribution in [0.2, 0.25) is 5.02 Å². The zero-order valence-electron chi connectivity index (χ0n) is 12.3. The minimum absolute atomic E-state index is 0.0561. The first-order valence-corrected chi connectivity index (χ1v) is 7.77. The largest absolute Gasteiger partial charge is 0.338 e. The molecule has 2 aromatic carbocycles. The molecule has 1 aliphatic heterocycles. The zero-order chi connectivity index (χ0) is 16.4. The van der Waals surface area contributed by atoms with Gasteiger partial charge in [-0.15, -0.1) is 0 Å². The van der Waals surface area contributed by atoms with E-state index in [-0.39, 0.29) is 23.4 Å². The topological polar surface area (TPSA) is 37.4 Å². The van der Waals surface area contributed by atoms with E-state index >= 15 is 0 Å². The number of hydrogen-bond acceptors (Lipinski definition) is 2. The molecule has 118 valence electrons. The van der Waals surface area contributed by atoms with Gasteiger partial charge in [-0.25, -0.2) is 4.39 Å². The van der Waals surface area contributed by atoms with Crippen LogP contribution in [0.1, 0.15) is 27.1 Å². The van der Waals surface area contributed by atoms with Crippen molar-refractivity contribution < 1.29 is 14.0 Å². The lowest BCUT2D eigenvalue weighted by atomic mass is 9.97. The molecule has 0 radical (unpaired) electrons. The monoisotopic (exact) mass is 331 g/mol. The molecule has 3 nitrogen and oxygen atoms in total. The van der Waals surface area contributed by atoms with Crippen molar-refractivity contribution in [1.29, 1.82) is 0 Å². The molecule has 1 amide bonds. The molecule has 0 bridgehead atoms. The van der Waals surface area contributed by atoms with E-state index in [1.54, 1.807) is 29.2 Å². The smallest absolute Gasteiger partial charge is 0.255 e. The van der Waals surface area contributed by atoms with E-state index in [2.05, 4.69) is 0 Å². The van der Waals surface area contributed by atoms with Gasteiger partial charge < -0.3 is 4.90 Å². The summed E-state index contributed by atoms with van der Waals surface area (Å²) >= 11 is 6.06. The number of halogens is 2. The van der Waals surface area contributed by atoms with Crippen molar-refractivity contribution in [3.63, 3.8) is 0 Å². The van der Waals surface area contributed by atoms with Crippen molar-refractivity contribution in [3.8, 4) is 0 Å². The Kier molecular flexibility index (Phi) is 4.44. The van der Waals surface area contributed by atoms with Crippen LogP contribution in [0, 0.1) is 11.7 Å². The standard InChI is InChI=1S/C18H15ClFNO2/c19-16-4-2-1-3-15(16)18(23)21-10-9-13(11-21)17(22)12-5-7-14(20)8-6-12/h1-8,13H,9-11H2/t13-/m0/s1. The van der Waals surface area contributed by atoms with Gasteiger partial charge in [0.05, 0.1) is 10.6 Å². The first kappa shape index (κ1) is 15.7. The number of carbonyl (C=O) groups excluding carboxylic acids is 2. The molecule has 1 fully saturated rings. The quantitative estimate of drug-likeness (QED) is 0.802. The molecule has 0 unspecified atom stereocenters. The molecule has 1 heterocycles. The van der Waals surface area contributed by atoms with Crippen molar-refractivity contribution in [2.75, 3.05) is 13.1 Å². The van der Waals surface area contributed by atoms with E-state index in [9.17, 15) is 14.0 Å². The molecule has 1 aliphatic rings. The van der Waals surface area contributed by atoms with Crippen LogP contribution < -0.4 is 0 Å². The average Bonchev–Trinajstić information content (AvgIpc) is 3.05. The van der Waals surface area contributed by atoms with Crippen molar-refractivity contribution in [2.24, 2.45) is 5.92 Å². The van der Waals surface area contributed by atoms with Gasteiger partial charge in [0.1, 0.15) is 5.82 Å². The molecule has 2 aromatic rings. The van der Waals surface area contributed by atoms with Crippen molar-refractivity contribution in [3.05, 3.63) is 70.5 Å². The van der Waals surface area contributed by atoms with Gasteiger partial charge in [0.15, 0.2) is 5.78 Å². The molecular weight excluding hydrogens is 317 g/mol. The van der Waals surface area contributed by atoms with Gasteiger partial charge in [-0.1, -0.05) is 23.7 Å². The summed E-state index contributed by atoms with van der Waals surface area (Å²) in [5, 5.41) is 0.408. The maximum atomic E-state index is 12.9. The second-order valence-corrected chi connectivity index (χ2v) is 5.99. The van der Waals surface area contributed by atoms with Gasteiger partial charge in [0.2, 0.25) is 0 Å². The Morgan fingerprint density at radius 2 is 1.78 bits per heavy atom. The third-order valence-corrected chi connectivity index (χ3v) is 4.41. The predicted octanol–water partition coefficient (Wildman–Crippen LogP) is 3.82. The lowest BCUT2D eigenvalue weighted by molar-refractivity contribution is 0.0780. The summed E-state index contributed by atoms with van der Waals surface area (Å²) < 4.78 is 12.9. The van der Waals surface area contributed by atoms with Crippen LogP contribution in [0.4, 0.5) is 4.39 Å². The van der Waals surface area contributed by atoms with Crippen LogP contribution in [0.5, 0.6) is 0 Å². The van der Waals surface area contributed by atoms with Gasteiger partial charge in [-0.2, -0.15) is 0 Å². The molecule has 1 atom stereocenters. The number of carbonyl (C=O) groups is 2. The maximum Gasteiger partial charge on any atom is 0.255 e. The van der Waals surface area contributed by atoms with E-state index in [0.717, 1.165) is 0 Å². The highest BCUT2D eigenvalue weighted by atomic mass is 35.5. The van der Waals surface area contributed by atoms with Gasteiger partial charge in [0.25, 0.3) is 5.91 Å². The number of amides is 1. The normalized spacial score (nSPS) is 17.3. The van der Waals surface area contributed by atoms with Crippen LogP contribution in [0.25, 0.3) is 0 Å². The Labute approximate surface area is 138 Å². The number of ketones is 1. The number of benzene rings is 2. The highest BCUT2D eigenvalue weighted by Gasteiger charge is 2.32. The first-order chi connectivity index (χ1) is 11.1. The summed E-state index contributed by atoms with van der Waals surface area (Å²) in [7, 11) is 0. The van der Waals surface area contributed by atoms with Crippen LogP contribution in [-0.2, 0) is 0 Å². The minimum Gasteiger partial charge on any atom is -0.338 e. The number of nitrogens with zero attached hydrogens (tertiary/aromatic N) is 1. The summed E-state index contributed by atoms with van der Waals surface area (Å²) in [6.07, 6.45) is 0.604. The molecule has 3 rings (SSSR count). The summed E-state index contributed by atoms with van der Waals surface area (Å²) in [6, 6.07) is 12.4. The van der Waals surface area contributed by atoms with Gasteiger partial charge in [-0.05, 0) is 42.8 Å². The number of hydrogen-bond donors (Lipinski definition) is 0. The lowest BCUT2D eigenvalue weighted by Gasteiger charge is -2.17. The Bertz CT molecular complexity index is 745. The maximum absolute atomic E-state index is 12.9. The Morgan fingerprint density at radius 3 is 2.48 bits per heavy atom. The molecule has 0 N–H and O–H groups in total. The molecule has 0 aromatic heterocycles. The fourth-order valence-electron chi connectivity index (χ4n) is 2.81. The van der Waals surface area contributed by atoms with Crippen molar-refractivity contribution in [2.45, 2.75) is 6.42 Å². The van der Waals surface area contributed by atoms with Gasteiger partial charge in [0, 0.05) is 24.6 Å². The second kappa shape index (κ2) is 6.50. The van der Waals surface area contributed by atoms with Crippen molar-refractivity contribution in [1.82, 2.24) is 4.90 Å². The van der Waals surface area contributed by atoms with E-state index in [0.29, 0.717) is 35.7 Å². The van der Waals surface area contributed by atoms with Crippen LogP contribution in [0.15, 0.2) is 48.5 Å². The van der Waals surface area contributed by atoms with E-state index < -0.39 is 0 Å². The number of likely N-dealkylation sites (tertiary alicyclic amines) is 1. The highest BCUT2D eigenvalue weighted by Crippen LogP contribution is 2.25. The second-order valence-electron chi connectivity index (χ2n) is 5.59. The summed E-state index contributed by atoms with van der Waals surface area (Å²) in [6.45, 7) is 0.877. The molecule has 23 heavy (non-hydrogen) atoms. The van der Waals surface area contributed by atoms with E-state index in [1.807, 2.05) is 0 Å². The average molecular weight is 332 g/mol. The Hall–Kier alpha value is -2.20. The summed E-state index contributed by atoms with van der Waals surface area (Å²) in [4.78, 5) is 26.6. The van der Waals surface area contributed by atoms with E-state index in [1.165, 1.54) is 24.3 Å². The third kappa shape index (κ3) is 3.27. The fourth-order valence-corrected chi connectivity index (χ4v) is 3.03. The molecule has 0 spiro atoms. The number of Topliss-reactive ketones (excluding diaryl/α,β-unsaturated/α-hetero) is 1. The molecule has 0 aliphatic carbocycles. The summed E-state index contributed by atoms with van der Waals surface area (Å²) in [5.41, 5.74) is 0.924. The van der Waals surface area contributed by atoms with Crippen molar-refractivity contribution >= 4 is 23.3 Å². The van der Waals surface area contributed by atoms with Gasteiger partial charge in [-0.3, -0.25) is 9.59 Å². The van der Waals surface area contributed by atoms with E-state index in [4.69, 9.17) is 11.6 Å². The summed E-state index contributed by atoms with van der Waals surface area (Å²) in [5.74, 6) is -0.847. The molecular formula is C18H15ClFNO2.